The van der Waals surface area contributed by atoms with Gasteiger partial charge < -0.3 is 4.42 Å². The maximum atomic E-state index is 12.9. The molecule has 0 fully saturated rings. The van der Waals surface area contributed by atoms with Gasteiger partial charge in [-0.15, -0.1) is 10.2 Å². The van der Waals surface area contributed by atoms with Gasteiger partial charge in [-0.05, 0) is 41.1 Å². The lowest BCUT2D eigenvalue weighted by atomic mass is 10.2. The molecule has 0 saturated heterocycles. The van der Waals surface area contributed by atoms with Gasteiger partial charge in [0, 0.05) is 12.1 Å². The zero-order valence-electron chi connectivity index (χ0n) is 11.8. The third-order valence-electron chi connectivity index (χ3n) is 3.03. The summed E-state index contributed by atoms with van der Waals surface area (Å²) in [5.41, 5.74) is 0.519. The van der Waals surface area contributed by atoms with Crippen LogP contribution in [0.2, 0.25) is 0 Å². The first-order valence-electron chi connectivity index (χ1n) is 6.76. The summed E-state index contributed by atoms with van der Waals surface area (Å²) in [6, 6.07) is 5.53. The standard InChI is InChI=1S/C13H13FN6O2/c1-2-7-19-11(15-17-18-19)8-20-13(21)22-12(16-20)9-3-5-10(14)6-4-9/h3-6H,2,7-8H2,1H3. The second kappa shape index (κ2) is 5.88. The summed E-state index contributed by atoms with van der Waals surface area (Å²) in [7, 11) is 0. The maximum absolute atomic E-state index is 12.9. The topological polar surface area (TPSA) is 91.6 Å². The number of nitrogens with zero attached hydrogens (tertiary/aromatic N) is 6. The van der Waals surface area contributed by atoms with Gasteiger partial charge in [-0.1, -0.05) is 6.92 Å². The molecular formula is C13H13FN6O2. The molecule has 0 unspecified atom stereocenters. The summed E-state index contributed by atoms with van der Waals surface area (Å²) in [5, 5.41) is 15.4. The highest BCUT2D eigenvalue weighted by Gasteiger charge is 2.14. The van der Waals surface area contributed by atoms with E-state index in [9.17, 15) is 9.18 Å². The van der Waals surface area contributed by atoms with E-state index in [-0.39, 0.29) is 18.3 Å². The fraction of sp³-hybridized carbons (Fsp3) is 0.308. The van der Waals surface area contributed by atoms with Crippen LogP contribution in [-0.2, 0) is 13.1 Å². The second-order valence-electron chi connectivity index (χ2n) is 4.66. The number of halogens is 1. The smallest absolute Gasteiger partial charge is 0.388 e. The number of rotatable bonds is 5. The van der Waals surface area contributed by atoms with Crippen LogP contribution in [0.5, 0.6) is 0 Å². The molecule has 114 valence electrons. The van der Waals surface area contributed by atoms with E-state index in [4.69, 9.17) is 4.42 Å². The van der Waals surface area contributed by atoms with Gasteiger partial charge in [0.15, 0.2) is 5.82 Å². The Balaban J connectivity index is 1.88. The number of aromatic nitrogens is 6. The van der Waals surface area contributed by atoms with Crippen LogP contribution in [0, 0.1) is 5.82 Å². The Morgan fingerprint density at radius 2 is 2.00 bits per heavy atom. The maximum Gasteiger partial charge on any atom is 0.437 e. The molecule has 1 aromatic carbocycles. The molecule has 2 heterocycles. The van der Waals surface area contributed by atoms with E-state index in [1.165, 1.54) is 24.3 Å². The molecule has 0 saturated carbocycles. The summed E-state index contributed by atoms with van der Waals surface area (Å²) in [5.74, 6) is -0.350. The van der Waals surface area contributed by atoms with Crippen LogP contribution in [-0.4, -0.2) is 30.0 Å². The first kappa shape index (κ1) is 14.1. The quantitative estimate of drug-likeness (QED) is 0.700. The number of hydrogen-bond acceptors (Lipinski definition) is 6. The highest BCUT2D eigenvalue weighted by Crippen LogP contribution is 2.15. The molecule has 0 aliphatic heterocycles. The van der Waals surface area contributed by atoms with Crippen molar-refractivity contribution in [2.24, 2.45) is 0 Å². The third-order valence-corrected chi connectivity index (χ3v) is 3.03. The molecule has 3 aromatic rings. The van der Waals surface area contributed by atoms with Crippen molar-refractivity contribution in [2.45, 2.75) is 26.4 Å². The second-order valence-corrected chi connectivity index (χ2v) is 4.66. The summed E-state index contributed by atoms with van der Waals surface area (Å²) >= 11 is 0. The molecule has 3 rings (SSSR count). The Morgan fingerprint density at radius 3 is 2.73 bits per heavy atom. The first-order valence-corrected chi connectivity index (χ1v) is 6.76. The molecule has 22 heavy (non-hydrogen) atoms. The molecule has 0 spiro atoms. The highest BCUT2D eigenvalue weighted by atomic mass is 19.1. The lowest BCUT2D eigenvalue weighted by Gasteiger charge is -2.00. The van der Waals surface area contributed by atoms with Gasteiger partial charge in [0.1, 0.15) is 12.4 Å². The number of benzene rings is 1. The molecule has 8 nitrogen and oxygen atoms in total. The van der Waals surface area contributed by atoms with Gasteiger partial charge >= 0.3 is 5.76 Å². The molecule has 2 aromatic heterocycles. The van der Waals surface area contributed by atoms with Crippen molar-refractivity contribution in [3.63, 3.8) is 0 Å². The van der Waals surface area contributed by atoms with Gasteiger partial charge in [0.2, 0.25) is 5.89 Å². The summed E-state index contributed by atoms with van der Waals surface area (Å²) in [6.45, 7) is 2.76. The monoisotopic (exact) mass is 304 g/mol. The normalized spacial score (nSPS) is 11.0. The Morgan fingerprint density at radius 1 is 1.23 bits per heavy atom. The molecule has 0 N–H and O–H groups in total. The average Bonchev–Trinajstić information content (AvgIpc) is 3.09. The van der Waals surface area contributed by atoms with Gasteiger partial charge in [0.25, 0.3) is 0 Å². The number of aryl methyl sites for hydroxylation is 1. The molecule has 0 bridgehead atoms. The van der Waals surface area contributed by atoms with Crippen LogP contribution < -0.4 is 5.76 Å². The minimum atomic E-state index is -0.620. The molecule has 0 amide bonds. The lowest BCUT2D eigenvalue weighted by Crippen LogP contribution is -2.19. The average molecular weight is 304 g/mol. The van der Waals surface area contributed by atoms with Crippen molar-refractivity contribution in [3.05, 3.63) is 46.5 Å². The zero-order chi connectivity index (χ0) is 15.5. The SMILES string of the molecule is CCCn1nnnc1Cn1nc(-c2ccc(F)cc2)oc1=O. The Bertz CT molecular complexity index is 820. The largest absolute Gasteiger partial charge is 0.437 e. The predicted octanol–water partition coefficient (Wildman–Crippen LogP) is 1.09. The van der Waals surface area contributed by atoms with E-state index in [1.807, 2.05) is 6.92 Å². The van der Waals surface area contributed by atoms with Crippen LogP contribution in [0.3, 0.4) is 0 Å². The van der Waals surface area contributed by atoms with Crippen molar-refractivity contribution in [2.75, 3.05) is 0 Å². The van der Waals surface area contributed by atoms with Crippen molar-refractivity contribution < 1.29 is 8.81 Å². The molecular weight excluding hydrogens is 291 g/mol. The lowest BCUT2D eigenvalue weighted by molar-refractivity contribution is 0.478. The minimum absolute atomic E-state index is 0.108. The fourth-order valence-electron chi connectivity index (χ4n) is 1.97. The van der Waals surface area contributed by atoms with Gasteiger partial charge in [-0.2, -0.15) is 4.68 Å². The molecule has 0 aliphatic carbocycles. The number of hydrogen-bond donors (Lipinski definition) is 0. The van der Waals surface area contributed by atoms with Crippen molar-refractivity contribution in [1.82, 2.24) is 30.0 Å². The van der Waals surface area contributed by atoms with E-state index in [0.29, 0.717) is 17.9 Å². The summed E-state index contributed by atoms with van der Waals surface area (Å²) in [4.78, 5) is 11.9. The van der Waals surface area contributed by atoms with Crippen LogP contribution in [0.4, 0.5) is 4.39 Å². The van der Waals surface area contributed by atoms with Crippen LogP contribution >= 0.6 is 0 Å². The molecule has 0 aliphatic rings. The van der Waals surface area contributed by atoms with Crippen LogP contribution in [0.25, 0.3) is 11.5 Å². The zero-order valence-corrected chi connectivity index (χ0v) is 11.8. The first-order chi connectivity index (χ1) is 10.7. The molecule has 0 atom stereocenters. The molecule has 0 radical (unpaired) electrons. The van der Waals surface area contributed by atoms with Crippen molar-refractivity contribution in [1.29, 1.82) is 0 Å². The van der Waals surface area contributed by atoms with Crippen LogP contribution in [0.15, 0.2) is 33.5 Å². The van der Waals surface area contributed by atoms with E-state index in [0.717, 1.165) is 11.1 Å². The molecule has 9 heteroatoms. The summed E-state index contributed by atoms with van der Waals surface area (Å²) < 4.78 is 20.7. The van der Waals surface area contributed by atoms with Crippen LogP contribution in [0.1, 0.15) is 19.2 Å². The van der Waals surface area contributed by atoms with Crippen molar-refractivity contribution >= 4 is 0 Å². The minimum Gasteiger partial charge on any atom is -0.388 e. The third kappa shape index (κ3) is 2.78. The number of tetrazole rings is 1. The Kier molecular flexibility index (Phi) is 3.77. The summed E-state index contributed by atoms with van der Waals surface area (Å²) in [6.07, 6.45) is 0.868. The van der Waals surface area contributed by atoms with E-state index in [1.54, 1.807) is 4.68 Å². The fourth-order valence-corrected chi connectivity index (χ4v) is 1.97. The van der Waals surface area contributed by atoms with Gasteiger partial charge in [0.05, 0.1) is 0 Å². The Labute approximate surface area is 124 Å². The van der Waals surface area contributed by atoms with E-state index < -0.39 is 5.76 Å². The van der Waals surface area contributed by atoms with E-state index in [2.05, 4.69) is 20.6 Å². The van der Waals surface area contributed by atoms with Gasteiger partial charge in [-0.3, -0.25) is 0 Å². The van der Waals surface area contributed by atoms with Crippen molar-refractivity contribution in [3.8, 4) is 11.5 Å². The Hall–Kier alpha value is -2.84. The predicted molar refractivity (Wildman–Crippen MR) is 73.4 cm³/mol. The highest BCUT2D eigenvalue weighted by molar-refractivity contribution is 5.51. The van der Waals surface area contributed by atoms with Gasteiger partial charge in [-0.25, -0.2) is 13.9 Å². The van der Waals surface area contributed by atoms with E-state index >= 15 is 0 Å².